The van der Waals surface area contributed by atoms with Crippen LogP contribution in [0.25, 0.3) is 0 Å². The van der Waals surface area contributed by atoms with Crippen molar-refractivity contribution < 1.29 is 23.8 Å². The lowest BCUT2D eigenvalue weighted by Crippen LogP contribution is -2.37. The highest BCUT2D eigenvalue weighted by Crippen LogP contribution is 2.32. The third kappa shape index (κ3) is 4.35. The third-order valence-corrected chi connectivity index (χ3v) is 5.17. The first-order chi connectivity index (χ1) is 14.1. The van der Waals surface area contributed by atoms with Crippen molar-refractivity contribution in [1.82, 2.24) is 0 Å². The third-order valence-electron chi connectivity index (χ3n) is 5.17. The van der Waals surface area contributed by atoms with Gasteiger partial charge in [0.05, 0.1) is 7.11 Å². The fourth-order valence-corrected chi connectivity index (χ4v) is 3.65. The molecule has 0 saturated carbocycles. The molecule has 0 spiro atoms. The van der Waals surface area contributed by atoms with E-state index in [4.69, 9.17) is 14.2 Å². The summed E-state index contributed by atoms with van der Waals surface area (Å²) in [7, 11) is 1.59. The second-order valence-electron chi connectivity index (χ2n) is 7.10. The highest BCUT2D eigenvalue weighted by Gasteiger charge is 2.32. The highest BCUT2D eigenvalue weighted by molar-refractivity contribution is 6.00. The van der Waals surface area contributed by atoms with E-state index in [2.05, 4.69) is 5.32 Å². The number of carbonyl (C=O) groups excluding carboxylic acids is 2. The molecule has 1 atom stereocenters. The van der Waals surface area contributed by atoms with Crippen LogP contribution in [0.2, 0.25) is 0 Å². The van der Waals surface area contributed by atoms with Gasteiger partial charge in [0.2, 0.25) is 0 Å². The van der Waals surface area contributed by atoms with Crippen LogP contribution in [-0.2, 0) is 20.7 Å². The summed E-state index contributed by atoms with van der Waals surface area (Å²) in [6.45, 7) is 1.18. The average molecular weight is 396 g/mol. The maximum atomic E-state index is 12.7. The lowest BCUT2D eigenvalue weighted by molar-refractivity contribution is -0.127. The van der Waals surface area contributed by atoms with Crippen molar-refractivity contribution in [3.05, 3.63) is 48.0 Å². The number of ether oxygens (including phenoxy) is 3. The van der Waals surface area contributed by atoms with Crippen molar-refractivity contribution in [2.45, 2.75) is 25.4 Å². The maximum Gasteiger partial charge on any atom is 0.262 e. The number of amides is 2. The SMILES string of the molecule is COc1ccc(OCC(=O)Nc2ccc3c(c2)N(C(=O)[C@H]2CCCO2)CC3)cc1. The smallest absolute Gasteiger partial charge is 0.262 e. The number of hydrogen-bond donors (Lipinski definition) is 1. The molecule has 2 aromatic carbocycles. The van der Waals surface area contributed by atoms with E-state index in [-0.39, 0.29) is 24.5 Å². The molecule has 152 valence electrons. The molecule has 0 aliphatic carbocycles. The Morgan fingerprint density at radius 1 is 1.17 bits per heavy atom. The Bertz CT molecular complexity index is 891. The molecule has 4 rings (SSSR count). The first kappa shape index (κ1) is 19.3. The van der Waals surface area contributed by atoms with Crippen LogP contribution < -0.4 is 19.7 Å². The number of anilines is 2. The molecule has 2 aliphatic heterocycles. The number of nitrogens with one attached hydrogen (secondary N) is 1. The molecule has 0 unspecified atom stereocenters. The topological polar surface area (TPSA) is 77.1 Å². The van der Waals surface area contributed by atoms with Crippen LogP contribution in [0.3, 0.4) is 0 Å². The van der Waals surface area contributed by atoms with Gasteiger partial charge < -0.3 is 24.4 Å². The van der Waals surface area contributed by atoms with Crippen LogP contribution in [-0.4, -0.2) is 44.8 Å². The van der Waals surface area contributed by atoms with Crippen molar-refractivity contribution in [3.8, 4) is 11.5 Å². The Morgan fingerprint density at radius 2 is 1.97 bits per heavy atom. The van der Waals surface area contributed by atoms with E-state index in [9.17, 15) is 9.59 Å². The fourth-order valence-electron chi connectivity index (χ4n) is 3.65. The van der Waals surface area contributed by atoms with Gasteiger partial charge in [0.1, 0.15) is 17.6 Å². The number of methoxy groups -OCH3 is 1. The van der Waals surface area contributed by atoms with Crippen molar-refractivity contribution in [1.29, 1.82) is 0 Å². The second kappa shape index (κ2) is 8.53. The van der Waals surface area contributed by atoms with E-state index in [1.807, 2.05) is 18.2 Å². The molecule has 7 heteroatoms. The van der Waals surface area contributed by atoms with Gasteiger partial charge in [-0.3, -0.25) is 9.59 Å². The lowest BCUT2D eigenvalue weighted by atomic mass is 10.1. The highest BCUT2D eigenvalue weighted by atomic mass is 16.5. The Kier molecular flexibility index (Phi) is 5.67. The Morgan fingerprint density at radius 3 is 2.69 bits per heavy atom. The van der Waals surface area contributed by atoms with Gasteiger partial charge in [-0.15, -0.1) is 0 Å². The van der Waals surface area contributed by atoms with Gasteiger partial charge in [0.15, 0.2) is 6.61 Å². The summed E-state index contributed by atoms with van der Waals surface area (Å²) in [6, 6.07) is 12.7. The van der Waals surface area contributed by atoms with Crippen LogP contribution in [0.4, 0.5) is 11.4 Å². The predicted molar refractivity (Wildman–Crippen MR) is 109 cm³/mol. The van der Waals surface area contributed by atoms with Gasteiger partial charge >= 0.3 is 0 Å². The number of carbonyl (C=O) groups is 2. The summed E-state index contributed by atoms with van der Waals surface area (Å²) < 4.78 is 16.1. The normalized spacial score (nSPS) is 17.7. The van der Waals surface area contributed by atoms with Crippen molar-refractivity contribution in [3.63, 3.8) is 0 Å². The van der Waals surface area contributed by atoms with E-state index in [0.29, 0.717) is 24.6 Å². The minimum Gasteiger partial charge on any atom is -0.497 e. The zero-order chi connectivity index (χ0) is 20.2. The summed E-state index contributed by atoms with van der Waals surface area (Å²) in [5, 5.41) is 2.84. The first-order valence-corrected chi connectivity index (χ1v) is 9.76. The Balaban J connectivity index is 1.37. The van der Waals surface area contributed by atoms with Gasteiger partial charge in [-0.25, -0.2) is 0 Å². The number of fused-ring (bicyclic) bond motifs is 1. The van der Waals surface area contributed by atoms with Crippen molar-refractivity contribution >= 4 is 23.2 Å². The number of benzene rings is 2. The molecule has 2 amide bonds. The molecule has 1 N–H and O–H groups in total. The fraction of sp³-hybridized carbons (Fsp3) is 0.364. The predicted octanol–water partition coefficient (Wildman–Crippen LogP) is 2.78. The van der Waals surface area contributed by atoms with Gasteiger partial charge in [-0.05, 0) is 61.2 Å². The summed E-state index contributed by atoms with van der Waals surface area (Å²) in [4.78, 5) is 26.8. The van der Waals surface area contributed by atoms with Crippen LogP contribution >= 0.6 is 0 Å². The molecule has 0 bridgehead atoms. The monoisotopic (exact) mass is 396 g/mol. The zero-order valence-corrected chi connectivity index (χ0v) is 16.3. The van der Waals surface area contributed by atoms with Crippen LogP contribution in [0.5, 0.6) is 11.5 Å². The molecule has 1 fully saturated rings. The molecule has 0 aromatic heterocycles. The molecular weight excluding hydrogens is 372 g/mol. The number of nitrogens with zero attached hydrogens (tertiary/aromatic N) is 1. The first-order valence-electron chi connectivity index (χ1n) is 9.76. The largest absolute Gasteiger partial charge is 0.497 e. The molecule has 2 heterocycles. The second-order valence-corrected chi connectivity index (χ2v) is 7.10. The lowest BCUT2D eigenvalue weighted by Gasteiger charge is -2.21. The Hall–Kier alpha value is -3.06. The minimum atomic E-state index is -0.350. The van der Waals surface area contributed by atoms with E-state index < -0.39 is 0 Å². The van der Waals surface area contributed by atoms with Gasteiger partial charge in [-0.1, -0.05) is 6.07 Å². The molecule has 29 heavy (non-hydrogen) atoms. The van der Waals surface area contributed by atoms with Gasteiger partial charge in [0.25, 0.3) is 11.8 Å². The molecule has 2 aromatic rings. The van der Waals surface area contributed by atoms with E-state index in [0.717, 1.165) is 36.3 Å². The van der Waals surface area contributed by atoms with Crippen LogP contribution in [0, 0.1) is 0 Å². The summed E-state index contributed by atoms with van der Waals surface area (Å²) in [5.41, 5.74) is 2.59. The van der Waals surface area contributed by atoms with E-state index >= 15 is 0 Å². The molecule has 2 aliphatic rings. The van der Waals surface area contributed by atoms with Gasteiger partial charge in [-0.2, -0.15) is 0 Å². The van der Waals surface area contributed by atoms with E-state index in [1.54, 1.807) is 36.3 Å². The Labute approximate surface area is 169 Å². The molecular formula is C22H24N2O5. The van der Waals surface area contributed by atoms with Crippen LogP contribution in [0.15, 0.2) is 42.5 Å². The minimum absolute atomic E-state index is 0.00701. The maximum absolute atomic E-state index is 12.7. The summed E-state index contributed by atoms with van der Waals surface area (Å²) >= 11 is 0. The zero-order valence-electron chi connectivity index (χ0n) is 16.3. The molecule has 0 radical (unpaired) electrons. The molecule has 7 nitrogen and oxygen atoms in total. The number of rotatable bonds is 6. The number of hydrogen-bond acceptors (Lipinski definition) is 5. The van der Waals surface area contributed by atoms with Crippen molar-refractivity contribution in [2.75, 3.05) is 37.1 Å². The van der Waals surface area contributed by atoms with Crippen molar-refractivity contribution in [2.24, 2.45) is 0 Å². The van der Waals surface area contributed by atoms with E-state index in [1.165, 1.54) is 0 Å². The average Bonchev–Trinajstić information content (AvgIpc) is 3.42. The van der Waals surface area contributed by atoms with Gasteiger partial charge in [0, 0.05) is 24.5 Å². The standard InChI is InChI=1S/C22H24N2O5/c1-27-17-6-8-18(9-7-17)29-14-21(25)23-16-5-4-15-10-11-24(19(15)13-16)22(26)20-3-2-12-28-20/h4-9,13,20H,2-3,10-12,14H2,1H3,(H,23,25)/t20-/m1/s1. The van der Waals surface area contributed by atoms with Crippen LogP contribution in [0.1, 0.15) is 18.4 Å². The summed E-state index contributed by atoms with van der Waals surface area (Å²) in [5.74, 6) is 1.05. The summed E-state index contributed by atoms with van der Waals surface area (Å²) in [6.07, 6.45) is 2.14. The molecule has 1 saturated heterocycles. The quantitative estimate of drug-likeness (QED) is 0.813.